The zero-order valence-electron chi connectivity index (χ0n) is 16.7. The summed E-state index contributed by atoms with van der Waals surface area (Å²) in [5, 5.41) is 12.4. The van der Waals surface area contributed by atoms with Gasteiger partial charge >= 0.3 is 6.18 Å². The summed E-state index contributed by atoms with van der Waals surface area (Å²) in [6.45, 7) is 1.54. The van der Waals surface area contributed by atoms with Gasteiger partial charge in [-0.05, 0) is 37.3 Å². The number of imidazole rings is 1. The monoisotopic (exact) mass is 431 g/mol. The minimum Gasteiger partial charge on any atom is -0.495 e. The van der Waals surface area contributed by atoms with E-state index in [0.29, 0.717) is 33.9 Å². The van der Waals surface area contributed by atoms with Crippen LogP contribution >= 0.6 is 0 Å². The van der Waals surface area contributed by atoms with Crippen LogP contribution in [0.15, 0.2) is 42.6 Å². The molecule has 0 saturated carbocycles. The molecule has 0 aliphatic carbocycles. The Morgan fingerprint density at radius 2 is 2.00 bits per heavy atom. The molecule has 162 valence electrons. The van der Waals surface area contributed by atoms with Crippen molar-refractivity contribution in [3.63, 3.8) is 0 Å². The van der Waals surface area contributed by atoms with Crippen LogP contribution in [0.3, 0.4) is 0 Å². The number of rotatable bonds is 5. The van der Waals surface area contributed by atoms with Crippen molar-refractivity contribution in [3.05, 3.63) is 48.2 Å². The summed E-state index contributed by atoms with van der Waals surface area (Å²) in [4.78, 5) is 8.81. The van der Waals surface area contributed by atoms with E-state index in [2.05, 4.69) is 15.3 Å². The SMILES string of the molecule is COc1cc(-c2cnc3c(NC(C)CO)nc4cc(C(F)(F)F)ccc4n23)ccc1N. The third kappa shape index (κ3) is 3.70. The number of nitrogens with two attached hydrogens (primary N) is 1. The Bertz CT molecular complexity index is 1270. The molecule has 31 heavy (non-hydrogen) atoms. The average molecular weight is 431 g/mol. The lowest BCUT2D eigenvalue weighted by Crippen LogP contribution is -2.21. The van der Waals surface area contributed by atoms with Gasteiger partial charge in [0, 0.05) is 11.6 Å². The van der Waals surface area contributed by atoms with Gasteiger partial charge < -0.3 is 20.9 Å². The van der Waals surface area contributed by atoms with Crippen LogP contribution in [0.4, 0.5) is 24.7 Å². The van der Waals surface area contributed by atoms with Crippen molar-refractivity contribution in [3.8, 4) is 17.0 Å². The quantitative estimate of drug-likeness (QED) is 0.414. The molecule has 4 rings (SSSR count). The third-order valence-electron chi connectivity index (χ3n) is 4.94. The number of ether oxygens (including phenoxy) is 1. The predicted molar refractivity (Wildman–Crippen MR) is 112 cm³/mol. The number of benzene rings is 2. The fourth-order valence-corrected chi connectivity index (χ4v) is 3.36. The standard InChI is InChI=1S/C21H20F3N5O2/c1-11(10-30)27-19-20-26-9-17(12-3-5-14(25)18(7-12)31-2)29(20)16-6-4-13(21(22,23)24)8-15(16)28-19/h3-9,11,30H,10,25H2,1-2H3,(H,27,28). The normalized spacial score (nSPS) is 13.0. The van der Waals surface area contributed by atoms with E-state index in [1.807, 2.05) is 0 Å². The second-order valence-corrected chi connectivity index (χ2v) is 7.15. The maximum absolute atomic E-state index is 13.3. The molecule has 2 aromatic carbocycles. The van der Waals surface area contributed by atoms with Crippen LogP contribution in [0.1, 0.15) is 12.5 Å². The molecule has 0 amide bonds. The maximum atomic E-state index is 13.3. The number of nitrogen functional groups attached to an aromatic ring is 1. The van der Waals surface area contributed by atoms with E-state index in [4.69, 9.17) is 10.5 Å². The number of methoxy groups -OCH3 is 1. The van der Waals surface area contributed by atoms with E-state index in [1.165, 1.54) is 13.2 Å². The van der Waals surface area contributed by atoms with Gasteiger partial charge in [0.25, 0.3) is 0 Å². The van der Waals surface area contributed by atoms with Crippen molar-refractivity contribution in [2.24, 2.45) is 0 Å². The largest absolute Gasteiger partial charge is 0.495 e. The van der Waals surface area contributed by atoms with E-state index >= 15 is 0 Å². The summed E-state index contributed by atoms with van der Waals surface area (Å²) in [6.07, 6.45) is -2.90. The van der Waals surface area contributed by atoms with Crippen LogP contribution in [0, 0.1) is 0 Å². The first-order chi connectivity index (χ1) is 14.7. The minimum atomic E-state index is -4.50. The first kappa shape index (κ1) is 20.7. The van der Waals surface area contributed by atoms with Gasteiger partial charge in [-0.2, -0.15) is 13.2 Å². The van der Waals surface area contributed by atoms with Crippen LogP contribution in [0.2, 0.25) is 0 Å². The Morgan fingerprint density at radius 1 is 1.23 bits per heavy atom. The Morgan fingerprint density at radius 3 is 2.68 bits per heavy atom. The van der Waals surface area contributed by atoms with Crippen molar-refractivity contribution in [2.75, 3.05) is 24.8 Å². The lowest BCUT2D eigenvalue weighted by molar-refractivity contribution is -0.137. The summed E-state index contributed by atoms with van der Waals surface area (Å²) >= 11 is 0. The molecule has 1 unspecified atom stereocenters. The highest BCUT2D eigenvalue weighted by Gasteiger charge is 2.31. The second-order valence-electron chi connectivity index (χ2n) is 7.15. The van der Waals surface area contributed by atoms with Crippen LogP contribution in [-0.4, -0.2) is 39.2 Å². The number of aliphatic hydroxyl groups excluding tert-OH is 1. The van der Waals surface area contributed by atoms with E-state index in [1.54, 1.807) is 35.7 Å². The first-order valence-electron chi connectivity index (χ1n) is 9.42. The minimum absolute atomic E-state index is 0.136. The van der Waals surface area contributed by atoms with Gasteiger partial charge in [0.2, 0.25) is 0 Å². The maximum Gasteiger partial charge on any atom is 0.416 e. The highest BCUT2D eigenvalue weighted by Crippen LogP contribution is 2.35. The summed E-state index contributed by atoms with van der Waals surface area (Å²) in [6, 6.07) is 8.20. The Labute approximate surface area is 175 Å². The van der Waals surface area contributed by atoms with Crippen molar-refractivity contribution < 1.29 is 23.0 Å². The second kappa shape index (κ2) is 7.62. The van der Waals surface area contributed by atoms with E-state index < -0.39 is 11.7 Å². The molecular formula is C21H20F3N5O2. The van der Waals surface area contributed by atoms with Gasteiger partial charge in [-0.15, -0.1) is 0 Å². The molecule has 4 aromatic rings. The molecule has 2 heterocycles. The average Bonchev–Trinajstić information content (AvgIpc) is 3.18. The van der Waals surface area contributed by atoms with Crippen LogP contribution in [0.25, 0.3) is 27.9 Å². The molecule has 2 aromatic heterocycles. The zero-order valence-corrected chi connectivity index (χ0v) is 16.7. The summed E-state index contributed by atoms with van der Waals surface area (Å²) in [5.41, 5.74) is 7.91. The molecule has 0 aliphatic heterocycles. The number of anilines is 2. The van der Waals surface area contributed by atoms with Crippen molar-refractivity contribution in [2.45, 2.75) is 19.1 Å². The summed E-state index contributed by atoms with van der Waals surface area (Å²) in [7, 11) is 1.50. The number of nitrogens with zero attached hydrogens (tertiary/aromatic N) is 3. The number of alkyl halides is 3. The lowest BCUT2D eigenvalue weighted by Gasteiger charge is -2.16. The number of aliphatic hydroxyl groups is 1. The van der Waals surface area contributed by atoms with Crippen molar-refractivity contribution >= 4 is 28.2 Å². The summed E-state index contributed by atoms with van der Waals surface area (Å²) in [5.74, 6) is 0.736. The van der Waals surface area contributed by atoms with Gasteiger partial charge in [-0.1, -0.05) is 6.07 Å². The number of aromatic nitrogens is 3. The zero-order chi connectivity index (χ0) is 22.3. The number of hydrogen-bond donors (Lipinski definition) is 3. The van der Waals surface area contributed by atoms with E-state index in [-0.39, 0.29) is 24.0 Å². The first-order valence-corrected chi connectivity index (χ1v) is 9.42. The highest BCUT2D eigenvalue weighted by atomic mass is 19.4. The number of nitrogens with one attached hydrogen (secondary N) is 1. The van der Waals surface area contributed by atoms with Crippen LogP contribution < -0.4 is 15.8 Å². The number of fused-ring (bicyclic) bond motifs is 3. The molecule has 0 saturated heterocycles. The van der Waals surface area contributed by atoms with E-state index in [0.717, 1.165) is 12.1 Å². The van der Waals surface area contributed by atoms with Gasteiger partial charge in [-0.3, -0.25) is 4.40 Å². The lowest BCUT2D eigenvalue weighted by atomic mass is 10.1. The molecule has 0 fully saturated rings. The molecule has 0 bridgehead atoms. The smallest absolute Gasteiger partial charge is 0.416 e. The number of halogens is 3. The van der Waals surface area contributed by atoms with Crippen LogP contribution in [0.5, 0.6) is 5.75 Å². The van der Waals surface area contributed by atoms with E-state index in [9.17, 15) is 18.3 Å². The Kier molecular flexibility index (Phi) is 5.10. The molecule has 0 radical (unpaired) electrons. The molecule has 7 nitrogen and oxygen atoms in total. The van der Waals surface area contributed by atoms with Crippen molar-refractivity contribution in [1.29, 1.82) is 0 Å². The van der Waals surface area contributed by atoms with Crippen LogP contribution in [-0.2, 0) is 6.18 Å². The number of hydrogen-bond acceptors (Lipinski definition) is 6. The predicted octanol–water partition coefficient (Wildman–Crippen LogP) is 3.95. The Hall–Kier alpha value is -3.53. The highest BCUT2D eigenvalue weighted by molar-refractivity contribution is 5.87. The molecule has 1 atom stereocenters. The molecular weight excluding hydrogens is 411 g/mol. The summed E-state index contributed by atoms with van der Waals surface area (Å²) < 4.78 is 46.9. The van der Waals surface area contributed by atoms with Gasteiger partial charge in [0.05, 0.1) is 47.9 Å². The van der Waals surface area contributed by atoms with Gasteiger partial charge in [0.1, 0.15) is 5.75 Å². The van der Waals surface area contributed by atoms with Gasteiger partial charge in [-0.25, -0.2) is 9.97 Å². The van der Waals surface area contributed by atoms with Gasteiger partial charge in [0.15, 0.2) is 11.5 Å². The molecule has 0 aliphatic rings. The fourth-order valence-electron chi connectivity index (χ4n) is 3.36. The fraction of sp³-hybridized carbons (Fsp3) is 0.238. The topological polar surface area (TPSA) is 97.7 Å². The Balaban J connectivity index is 2.03. The molecule has 10 heteroatoms. The van der Waals surface area contributed by atoms with Crippen molar-refractivity contribution in [1.82, 2.24) is 14.4 Å². The molecule has 4 N–H and O–H groups in total. The molecule has 0 spiro atoms. The third-order valence-corrected chi connectivity index (χ3v) is 4.94.